The molecule has 0 aliphatic rings. The van der Waals surface area contributed by atoms with Crippen LogP contribution in [0.5, 0.6) is 0 Å². The molecule has 0 saturated heterocycles. The zero-order valence-electron chi connectivity index (χ0n) is 16.3. The van der Waals surface area contributed by atoms with Gasteiger partial charge in [0.05, 0.1) is 24.5 Å². The van der Waals surface area contributed by atoms with Crippen molar-refractivity contribution in [1.29, 1.82) is 0 Å². The third-order valence-corrected chi connectivity index (χ3v) is 4.31. The molecule has 1 aromatic carbocycles. The molecule has 0 atom stereocenters. The van der Waals surface area contributed by atoms with E-state index in [1.165, 1.54) is 0 Å². The van der Waals surface area contributed by atoms with Crippen LogP contribution < -0.4 is 10.6 Å². The topological polar surface area (TPSA) is 84.9 Å². The smallest absolute Gasteiger partial charge is 0.191 e. The van der Waals surface area contributed by atoms with E-state index in [0.29, 0.717) is 13.1 Å². The molecule has 142 valence electrons. The minimum atomic E-state index is 0.544. The van der Waals surface area contributed by atoms with Gasteiger partial charge in [-0.05, 0) is 38.5 Å². The standard InChI is InChI=1S/C19H26N8/c1-5-20-19(22-13-18-24-23-15(3)26(18)4)21-12-16-8-6-7-9-17(16)27-11-10-14(2)25-27/h6-11H,5,12-13H2,1-4H3,(H2,20,21,22). The van der Waals surface area contributed by atoms with Crippen molar-refractivity contribution in [2.75, 3.05) is 6.54 Å². The van der Waals surface area contributed by atoms with Crippen LogP contribution in [0.1, 0.15) is 29.8 Å². The van der Waals surface area contributed by atoms with E-state index in [0.717, 1.165) is 41.1 Å². The molecule has 0 saturated carbocycles. The fourth-order valence-corrected chi connectivity index (χ4v) is 2.69. The van der Waals surface area contributed by atoms with Crippen molar-refractivity contribution in [3.8, 4) is 5.69 Å². The molecule has 2 heterocycles. The Morgan fingerprint density at radius 3 is 2.59 bits per heavy atom. The Hall–Kier alpha value is -3.16. The van der Waals surface area contributed by atoms with E-state index in [2.05, 4.69) is 38.1 Å². The molecule has 0 spiro atoms. The lowest BCUT2D eigenvalue weighted by atomic mass is 10.2. The Morgan fingerprint density at radius 2 is 1.93 bits per heavy atom. The van der Waals surface area contributed by atoms with Gasteiger partial charge >= 0.3 is 0 Å². The lowest BCUT2D eigenvalue weighted by Gasteiger charge is -2.12. The molecular formula is C19H26N8. The molecule has 3 aromatic rings. The lowest BCUT2D eigenvalue weighted by molar-refractivity contribution is 0.718. The SMILES string of the molecule is CCNC(=NCc1ccccc1-n1ccc(C)n1)NCc1nnc(C)n1C. The number of nitrogens with one attached hydrogen (secondary N) is 2. The van der Waals surface area contributed by atoms with Gasteiger partial charge in [-0.1, -0.05) is 18.2 Å². The average molecular weight is 366 g/mol. The maximum atomic E-state index is 4.72. The Bertz CT molecular complexity index is 921. The number of nitrogens with zero attached hydrogens (tertiary/aromatic N) is 6. The summed E-state index contributed by atoms with van der Waals surface area (Å²) in [5.41, 5.74) is 3.13. The molecule has 2 aromatic heterocycles. The van der Waals surface area contributed by atoms with Crippen molar-refractivity contribution in [2.24, 2.45) is 12.0 Å². The van der Waals surface area contributed by atoms with E-state index in [1.807, 2.05) is 61.5 Å². The summed E-state index contributed by atoms with van der Waals surface area (Å²) in [6.07, 6.45) is 1.97. The minimum absolute atomic E-state index is 0.544. The van der Waals surface area contributed by atoms with Gasteiger partial charge in [-0.15, -0.1) is 10.2 Å². The Balaban J connectivity index is 1.74. The largest absolute Gasteiger partial charge is 0.357 e. The van der Waals surface area contributed by atoms with Gasteiger partial charge in [0.2, 0.25) is 0 Å². The number of aryl methyl sites for hydroxylation is 2. The Kier molecular flexibility index (Phi) is 5.85. The first kappa shape index (κ1) is 18.6. The molecule has 0 bridgehead atoms. The molecule has 0 radical (unpaired) electrons. The second-order valence-corrected chi connectivity index (χ2v) is 6.30. The fourth-order valence-electron chi connectivity index (χ4n) is 2.69. The van der Waals surface area contributed by atoms with Gasteiger partial charge in [0.15, 0.2) is 11.8 Å². The lowest BCUT2D eigenvalue weighted by Crippen LogP contribution is -2.37. The monoisotopic (exact) mass is 366 g/mol. The second-order valence-electron chi connectivity index (χ2n) is 6.30. The van der Waals surface area contributed by atoms with E-state index in [-0.39, 0.29) is 0 Å². The first-order valence-corrected chi connectivity index (χ1v) is 9.06. The van der Waals surface area contributed by atoms with Crippen LogP contribution in [0.25, 0.3) is 5.69 Å². The normalized spacial score (nSPS) is 11.6. The number of hydrogen-bond acceptors (Lipinski definition) is 4. The van der Waals surface area contributed by atoms with E-state index >= 15 is 0 Å². The number of guanidine groups is 1. The molecular weight excluding hydrogens is 340 g/mol. The molecule has 0 amide bonds. The van der Waals surface area contributed by atoms with Crippen LogP contribution in [-0.2, 0) is 20.1 Å². The molecule has 8 nitrogen and oxygen atoms in total. The van der Waals surface area contributed by atoms with Gasteiger partial charge < -0.3 is 15.2 Å². The third kappa shape index (κ3) is 4.52. The predicted octanol–water partition coefficient (Wildman–Crippen LogP) is 1.87. The zero-order chi connectivity index (χ0) is 19.2. The van der Waals surface area contributed by atoms with Crippen LogP contribution in [0.15, 0.2) is 41.5 Å². The van der Waals surface area contributed by atoms with Crippen molar-refractivity contribution >= 4 is 5.96 Å². The first-order valence-electron chi connectivity index (χ1n) is 9.06. The summed E-state index contributed by atoms with van der Waals surface area (Å²) in [7, 11) is 1.96. The van der Waals surface area contributed by atoms with Crippen molar-refractivity contribution in [3.05, 3.63) is 59.4 Å². The van der Waals surface area contributed by atoms with E-state index in [4.69, 9.17) is 4.99 Å². The number of rotatable bonds is 6. The maximum absolute atomic E-state index is 4.72. The van der Waals surface area contributed by atoms with Crippen LogP contribution in [0.4, 0.5) is 0 Å². The van der Waals surface area contributed by atoms with E-state index in [9.17, 15) is 0 Å². The molecule has 3 rings (SSSR count). The van der Waals surface area contributed by atoms with Crippen LogP contribution in [0, 0.1) is 13.8 Å². The number of aliphatic imine (C=N–C) groups is 1. The highest BCUT2D eigenvalue weighted by molar-refractivity contribution is 5.79. The number of aromatic nitrogens is 5. The van der Waals surface area contributed by atoms with E-state index in [1.54, 1.807) is 0 Å². The minimum Gasteiger partial charge on any atom is -0.357 e. The maximum Gasteiger partial charge on any atom is 0.191 e. The summed E-state index contributed by atoms with van der Waals surface area (Å²) in [4.78, 5) is 4.72. The zero-order valence-corrected chi connectivity index (χ0v) is 16.3. The van der Waals surface area contributed by atoms with Crippen molar-refractivity contribution in [2.45, 2.75) is 33.9 Å². The summed E-state index contributed by atoms with van der Waals surface area (Å²) >= 11 is 0. The second kappa shape index (κ2) is 8.48. The van der Waals surface area contributed by atoms with Gasteiger partial charge in [0.25, 0.3) is 0 Å². The molecule has 2 N–H and O–H groups in total. The summed E-state index contributed by atoms with van der Waals surface area (Å²) in [6, 6.07) is 10.2. The van der Waals surface area contributed by atoms with Crippen LogP contribution in [0.3, 0.4) is 0 Å². The molecule has 0 aliphatic heterocycles. The number of para-hydroxylation sites is 1. The van der Waals surface area contributed by atoms with Crippen molar-refractivity contribution < 1.29 is 0 Å². The van der Waals surface area contributed by atoms with Crippen LogP contribution in [0.2, 0.25) is 0 Å². The summed E-state index contributed by atoms with van der Waals surface area (Å²) in [5.74, 6) is 2.49. The van der Waals surface area contributed by atoms with Gasteiger partial charge in [0, 0.05) is 19.8 Å². The molecule has 0 unspecified atom stereocenters. The van der Waals surface area contributed by atoms with Gasteiger partial charge in [0.1, 0.15) is 5.82 Å². The highest BCUT2D eigenvalue weighted by Crippen LogP contribution is 2.15. The van der Waals surface area contributed by atoms with Crippen LogP contribution in [-0.4, -0.2) is 37.0 Å². The van der Waals surface area contributed by atoms with Crippen molar-refractivity contribution in [1.82, 2.24) is 35.2 Å². The molecule has 8 heteroatoms. The highest BCUT2D eigenvalue weighted by Gasteiger charge is 2.08. The first-order chi connectivity index (χ1) is 13.1. The fraction of sp³-hybridized carbons (Fsp3) is 0.368. The van der Waals surface area contributed by atoms with Gasteiger partial charge in [-0.3, -0.25) is 0 Å². The average Bonchev–Trinajstić information content (AvgIpc) is 3.24. The Morgan fingerprint density at radius 1 is 1.11 bits per heavy atom. The summed E-state index contributed by atoms with van der Waals surface area (Å²) in [6.45, 7) is 7.85. The summed E-state index contributed by atoms with van der Waals surface area (Å²) < 4.78 is 3.86. The third-order valence-electron chi connectivity index (χ3n) is 4.31. The summed E-state index contributed by atoms with van der Waals surface area (Å²) in [5, 5.41) is 19.4. The quantitative estimate of drug-likeness (QED) is 0.514. The molecule has 0 fully saturated rings. The van der Waals surface area contributed by atoms with Gasteiger partial charge in [-0.2, -0.15) is 5.10 Å². The number of hydrogen-bond donors (Lipinski definition) is 2. The predicted molar refractivity (Wildman–Crippen MR) is 106 cm³/mol. The van der Waals surface area contributed by atoms with Crippen molar-refractivity contribution in [3.63, 3.8) is 0 Å². The number of benzene rings is 1. The van der Waals surface area contributed by atoms with E-state index < -0.39 is 0 Å². The highest BCUT2D eigenvalue weighted by atomic mass is 15.3. The van der Waals surface area contributed by atoms with Crippen LogP contribution >= 0.6 is 0 Å². The molecule has 0 aliphatic carbocycles. The molecule has 27 heavy (non-hydrogen) atoms. The van der Waals surface area contributed by atoms with Gasteiger partial charge in [-0.25, -0.2) is 9.67 Å². The Labute approximate surface area is 159 Å².